The van der Waals surface area contributed by atoms with Crippen molar-refractivity contribution in [2.75, 3.05) is 46.0 Å². The molecule has 216 valence electrons. The summed E-state index contributed by atoms with van der Waals surface area (Å²) in [5.74, 6) is -0.263. The van der Waals surface area contributed by atoms with Gasteiger partial charge in [0, 0.05) is 31.7 Å². The van der Waals surface area contributed by atoms with E-state index in [9.17, 15) is 14.7 Å². The van der Waals surface area contributed by atoms with Gasteiger partial charge in [-0.3, -0.25) is 14.5 Å². The molecule has 1 atom stereocenters. The number of aryl methyl sites for hydroxylation is 1. The lowest BCUT2D eigenvalue weighted by Gasteiger charge is -2.29. The fraction of sp³-hybridized carbons (Fsp3) is 0.515. The molecule has 0 saturated carbocycles. The van der Waals surface area contributed by atoms with E-state index >= 15 is 0 Å². The number of amides is 1. The average molecular weight is 549 g/mol. The van der Waals surface area contributed by atoms with Crippen molar-refractivity contribution < 1.29 is 24.2 Å². The molecule has 7 heteroatoms. The van der Waals surface area contributed by atoms with Gasteiger partial charge in [-0.2, -0.15) is 0 Å². The maximum Gasteiger partial charge on any atom is 0.295 e. The second kappa shape index (κ2) is 12.6. The molecule has 0 aromatic heterocycles. The van der Waals surface area contributed by atoms with E-state index < -0.39 is 17.7 Å². The number of likely N-dealkylation sites (tertiary alicyclic amines) is 1. The number of aliphatic hydroxyl groups excluding tert-OH is 1. The predicted octanol–water partition coefficient (Wildman–Crippen LogP) is 5.47. The number of rotatable bonds is 9. The fourth-order valence-corrected chi connectivity index (χ4v) is 5.31. The highest BCUT2D eigenvalue weighted by Crippen LogP contribution is 2.41. The van der Waals surface area contributed by atoms with E-state index in [1.54, 1.807) is 17.0 Å². The van der Waals surface area contributed by atoms with Gasteiger partial charge < -0.3 is 19.5 Å². The van der Waals surface area contributed by atoms with Gasteiger partial charge in [-0.15, -0.1) is 0 Å². The molecule has 0 unspecified atom stereocenters. The van der Waals surface area contributed by atoms with Crippen molar-refractivity contribution in [1.82, 2.24) is 9.80 Å². The maximum absolute atomic E-state index is 13.5. The van der Waals surface area contributed by atoms with Gasteiger partial charge in [0.05, 0.1) is 31.4 Å². The van der Waals surface area contributed by atoms with Crippen LogP contribution < -0.4 is 4.74 Å². The molecule has 2 aromatic rings. The lowest BCUT2D eigenvalue weighted by Crippen LogP contribution is -2.39. The molecule has 1 amide bonds. The maximum atomic E-state index is 13.5. The summed E-state index contributed by atoms with van der Waals surface area (Å²) in [6.07, 6.45) is 0.727. The van der Waals surface area contributed by atoms with Crippen LogP contribution in [-0.4, -0.2) is 72.6 Å². The Morgan fingerprint density at radius 2 is 1.73 bits per heavy atom. The normalized spacial score (nSPS) is 20.0. The molecule has 2 aromatic carbocycles. The minimum absolute atomic E-state index is 0.0327. The van der Waals surface area contributed by atoms with Crippen molar-refractivity contribution in [1.29, 1.82) is 0 Å². The Hall–Kier alpha value is -3.16. The Balaban J connectivity index is 1.69. The standard InChI is InChI=1S/C33H44N2O5/c1-22(2)21-40-26-12-13-27(23(3)20-26)30(36)28-29(24-8-10-25(11-9-24)33(4,5)6)35(32(38)31(28)37)15-7-14-34-16-18-39-19-17-34/h8-13,20,22,29,36H,7,14-19,21H2,1-6H3/b30-28+/t29-/m0/s1. The van der Waals surface area contributed by atoms with Gasteiger partial charge in [-0.1, -0.05) is 58.9 Å². The van der Waals surface area contributed by atoms with Crippen LogP contribution >= 0.6 is 0 Å². The zero-order chi connectivity index (χ0) is 29.0. The molecular formula is C33H44N2O5. The third-order valence-electron chi connectivity index (χ3n) is 7.65. The topological polar surface area (TPSA) is 79.3 Å². The zero-order valence-corrected chi connectivity index (χ0v) is 24.8. The first-order chi connectivity index (χ1) is 19.0. The van der Waals surface area contributed by atoms with Crippen LogP contribution in [0.1, 0.15) is 69.3 Å². The van der Waals surface area contributed by atoms with Crippen LogP contribution in [0.15, 0.2) is 48.0 Å². The largest absolute Gasteiger partial charge is 0.507 e. The summed E-state index contributed by atoms with van der Waals surface area (Å²) in [5, 5.41) is 11.6. The number of ketones is 1. The average Bonchev–Trinajstić information content (AvgIpc) is 3.17. The van der Waals surface area contributed by atoms with Crippen molar-refractivity contribution in [2.24, 2.45) is 5.92 Å². The van der Waals surface area contributed by atoms with Gasteiger partial charge >= 0.3 is 0 Å². The van der Waals surface area contributed by atoms with Crippen molar-refractivity contribution in [3.05, 3.63) is 70.3 Å². The number of carbonyl (C=O) groups excluding carboxylic acids is 2. The quantitative estimate of drug-likeness (QED) is 0.254. The summed E-state index contributed by atoms with van der Waals surface area (Å²) in [6, 6.07) is 12.8. The van der Waals surface area contributed by atoms with Crippen molar-refractivity contribution in [3.63, 3.8) is 0 Å². The highest BCUT2D eigenvalue weighted by molar-refractivity contribution is 6.46. The molecule has 0 radical (unpaired) electrons. The molecule has 2 heterocycles. The lowest BCUT2D eigenvalue weighted by atomic mass is 9.85. The Morgan fingerprint density at radius 1 is 1.05 bits per heavy atom. The molecule has 2 fully saturated rings. The monoisotopic (exact) mass is 548 g/mol. The fourth-order valence-electron chi connectivity index (χ4n) is 5.31. The number of morpholine rings is 1. The Bertz CT molecular complexity index is 1240. The Kier molecular flexibility index (Phi) is 9.37. The van der Waals surface area contributed by atoms with E-state index in [4.69, 9.17) is 9.47 Å². The Labute approximate surface area is 238 Å². The van der Waals surface area contributed by atoms with Crippen molar-refractivity contribution >= 4 is 17.4 Å². The van der Waals surface area contributed by atoms with E-state index in [0.717, 1.165) is 42.7 Å². The van der Waals surface area contributed by atoms with Crippen molar-refractivity contribution in [3.8, 4) is 5.75 Å². The number of Topliss-reactive ketones (excluding diaryl/α,β-unsaturated/α-hetero) is 1. The van der Waals surface area contributed by atoms with Crippen LogP contribution in [0.5, 0.6) is 5.75 Å². The molecule has 2 saturated heterocycles. The molecule has 40 heavy (non-hydrogen) atoms. The number of hydrogen-bond acceptors (Lipinski definition) is 6. The van der Waals surface area contributed by atoms with Gasteiger partial charge in [-0.25, -0.2) is 0 Å². The molecule has 2 aliphatic heterocycles. The van der Waals surface area contributed by atoms with Crippen molar-refractivity contribution in [2.45, 2.75) is 59.4 Å². The summed E-state index contributed by atoms with van der Waals surface area (Å²) in [5.41, 5.74) is 3.38. The number of hydrogen-bond donors (Lipinski definition) is 1. The van der Waals surface area contributed by atoms with E-state index in [2.05, 4.69) is 51.7 Å². The van der Waals surface area contributed by atoms with Gasteiger partial charge in [-0.05, 0) is 59.6 Å². The summed E-state index contributed by atoms with van der Waals surface area (Å²) in [7, 11) is 0. The smallest absolute Gasteiger partial charge is 0.295 e. The van der Waals surface area contributed by atoms with E-state index in [1.807, 2.05) is 25.1 Å². The molecule has 4 rings (SSSR count). The minimum atomic E-state index is -0.657. The van der Waals surface area contributed by atoms with Gasteiger partial charge in [0.15, 0.2) is 0 Å². The molecule has 7 nitrogen and oxygen atoms in total. The van der Waals surface area contributed by atoms with Gasteiger partial charge in [0.1, 0.15) is 11.5 Å². The summed E-state index contributed by atoms with van der Waals surface area (Å²) in [4.78, 5) is 30.9. The summed E-state index contributed by atoms with van der Waals surface area (Å²) < 4.78 is 11.3. The second-order valence-electron chi connectivity index (χ2n) is 12.4. The molecule has 0 bridgehead atoms. The summed E-state index contributed by atoms with van der Waals surface area (Å²) in [6.45, 7) is 17.5. The zero-order valence-electron chi connectivity index (χ0n) is 24.8. The predicted molar refractivity (Wildman–Crippen MR) is 158 cm³/mol. The van der Waals surface area contributed by atoms with E-state index in [0.29, 0.717) is 43.6 Å². The number of nitrogens with zero attached hydrogens (tertiary/aromatic N) is 2. The third kappa shape index (κ3) is 6.76. The second-order valence-corrected chi connectivity index (χ2v) is 12.4. The van der Waals surface area contributed by atoms with Crippen LogP contribution in [-0.2, 0) is 19.7 Å². The molecule has 0 spiro atoms. The van der Waals surface area contributed by atoms with E-state index in [-0.39, 0.29) is 16.7 Å². The van der Waals surface area contributed by atoms with Crippen LogP contribution in [0.4, 0.5) is 0 Å². The first kappa shape index (κ1) is 29.8. The van der Waals surface area contributed by atoms with Gasteiger partial charge in [0.2, 0.25) is 0 Å². The number of ether oxygens (including phenoxy) is 2. The Morgan fingerprint density at radius 3 is 2.33 bits per heavy atom. The van der Waals surface area contributed by atoms with Crippen LogP contribution in [0.3, 0.4) is 0 Å². The molecule has 1 N–H and O–H groups in total. The number of aliphatic hydroxyl groups is 1. The molecular weight excluding hydrogens is 504 g/mol. The third-order valence-corrected chi connectivity index (χ3v) is 7.65. The highest BCUT2D eigenvalue weighted by Gasteiger charge is 2.46. The van der Waals surface area contributed by atoms with E-state index in [1.165, 1.54) is 0 Å². The molecule has 2 aliphatic rings. The SMILES string of the molecule is Cc1cc(OCC(C)C)ccc1/C(O)=C1\C(=O)C(=O)N(CCCN2CCOCC2)[C@H]1c1ccc(C(C)(C)C)cc1. The summed E-state index contributed by atoms with van der Waals surface area (Å²) >= 11 is 0. The number of carbonyl (C=O) groups is 2. The number of benzene rings is 2. The highest BCUT2D eigenvalue weighted by atomic mass is 16.5. The van der Waals surface area contributed by atoms with Crippen LogP contribution in [0.25, 0.3) is 5.76 Å². The minimum Gasteiger partial charge on any atom is -0.507 e. The van der Waals surface area contributed by atoms with Crippen LogP contribution in [0, 0.1) is 12.8 Å². The molecule has 0 aliphatic carbocycles. The van der Waals surface area contributed by atoms with Gasteiger partial charge in [0.25, 0.3) is 11.7 Å². The first-order valence-electron chi connectivity index (χ1n) is 14.4. The van der Waals surface area contributed by atoms with Crippen LogP contribution in [0.2, 0.25) is 0 Å². The lowest BCUT2D eigenvalue weighted by molar-refractivity contribution is -0.140. The first-order valence-corrected chi connectivity index (χ1v) is 14.4.